The first kappa shape index (κ1) is 12.3. The summed E-state index contributed by atoms with van der Waals surface area (Å²) in [7, 11) is 0. The molecule has 1 aliphatic carbocycles. The van der Waals surface area contributed by atoms with Gasteiger partial charge in [-0.1, -0.05) is 35.9 Å². The quantitative estimate of drug-likeness (QED) is 0.613. The van der Waals surface area contributed by atoms with E-state index in [2.05, 4.69) is 29.2 Å². The molecular formula is C16H13ClN2S. The maximum absolute atomic E-state index is 6.28. The summed E-state index contributed by atoms with van der Waals surface area (Å²) in [5.41, 5.74) is 2.89. The summed E-state index contributed by atoms with van der Waals surface area (Å²) in [4.78, 5) is 10.2. The third kappa shape index (κ3) is 2.02. The van der Waals surface area contributed by atoms with Crippen molar-refractivity contribution in [3.05, 3.63) is 57.8 Å². The van der Waals surface area contributed by atoms with E-state index in [-0.39, 0.29) is 0 Å². The predicted octanol–water partition coefficient (Wildman–Crippen LogP) is 4.62. The molecule has 2 nitrogen and oxygen atoms in total. The van der Waals surface area contributed by atoms with Gasteiger partial charge in [0.1, 0.15) is 15.8 Å². The summed E-state index contributed by atoms with van der Waals surface area (Å²) < 4.78 is 0. The van der Waals surface area contributed by atoms with Crippen LogP contribution in [-0.4, -0.2) is 9.97 Å². The van der Waals surface area contributed by atoms with E-state index in [1.165, 1.54) is 11.1 Å². The Balaban J connectivity index is 1.74. The van der Waals surface area contributed by atoms with Crippen LogP contribution in [0.4, 0.5) is 0 Å². The van der Waals surface area contributed by atoms with Gasteiger partial charge in [0, 0.05) is 11.3 Å². The lowest BCUT2D eigenvalue weighted by molar-refractivity contribution is 0.557. The molecule has 1 unspecified atom stereocenters. The Bertz CT molecular complexity index is 781. The average Bonchev–Trinajstić information content (AvgIpc) is 2.96. The molecule has 0 fully saturated rings. The molecule has 0 aliphatic heterocycles. The molecule has 1 atom stereocenters. The molecule has 2 heterocycles. The van der Waals surface area contributed by atoms with Gasteiger partial charge in [-0.15, -0.1) is 11.3 Å². The van der Waals surface area contributed by atoms with E-state index < -0.39 is 0 Å². The maximum Gasteiger partial charge on any atom is 0.141 e. The third-order valence-corrected chi connectivity index (χ3v) is 5.10. The van der Waals surface area contributed by atoms with Crippen LogP contribution >= 0.6 is 22.9 Å². The Labute approximate surface area is 126 Å². The number of fused-ring (bicyclic) bond motifs is 2. The smallest absolute Gasteiger partial charge is 0.141 e. The van der Waals surface area contributed by atoms with Crippen LogP contribution in [0.15, 0.2) is 35.7 Å². The second-order valence-corrected chi connectivity index (χ2v) is 6.47. The molecule has 0 spiro atoms. The zero-order chi connectivity index (χ0) is 13.5. The molecule has 4 rings (SSSR count). The highest BCUT2D eigenvalue weighted by atomic mass is 35.5. The van der Waals surface area contributed by atoms with Gasteiger partial charge in [0.25, 0.3) is 0 Å². The second-order valence-electron chi connectivity index (χ2n) is 5.22. The Morgan fingerprint density at radius 1 is 1.10 bits per heavy atom. The normalized spacial score (nSPS) is 18.1. The third-order valence-electron chi connectivity index (χ3n) is 4.01. The van der Waals surface area contributed by atoms with Crippen LogP contribution in [0, 0.1) is 0 Å². The number of rotatable bonds is 1. The van der Waals surface area contributed by atoms with Crippen molar-refractivity contribution >= 4 is 33.2 Å². The van der Waals surface area contributed by atoms with Gasteiger partial charge in [-0.2, -0.15) is 0 Å². The summed E-state index contributed by atoms with van der Waals surface area (Å²) in [6, 6.07) is 10.7. The van der Waals surface area contributed by atoms with Gasteiger partial charge < -0.3 is 0 Å². The molecule has 100 valence electrons. The number of nitrogens with zero attached hydrogens (tertiary/aromatic N) is 2. The molecule has 0 saturated heterocycles. The molecular weight excluding hydrogens is 288 g/mol. The fourth-order valence-electron chi connectivity index (χ4n) is 2.94. The van der Waals surface area contributed by atoms with Crippen LogP contribution in [0.2, 0.25) is 5.15 Å². The molecule has 0 N–H and O–H groups in total. The number of halogens is 1. The van der Waals surface area contributed by atoms with Crippen LogP contribution in [0.3, 0.4) is 0 Å². The number of aromatic nitrogens is 2. The Morgan fingerprint density at radius 3 is 2.85 bits per heavy atom. The number of benzene rings is 1. The van der Waals surface area contributed by atoms with Crippen LogP contribution in [0.5, 0.6) is 0 Å². The topological polar surface area (TPSA) is 25.8 Å². The molecule has 3 aromatic rings. The molecule has 1 aromatic carbocycles. The van der Waals surface area contributed by atoms with Crippen LogP contribution in [0.25, 0.3) is 10.2 Å². The lowest BCUT2D eigenvalue weighted by atomic mass is 9.83. The van der Waals surface area contributed by atoms with Gasteiger partial charge >= 0.3 is 0 Å². The van der Waals surface area contributed by atoms with E-state index in [1.54, 1.807) is 11.3 Å². The van der Waals surface area contributed by atoms with E-state index in [0.717, 1.165) is 35.3 Å². The number of hydrogen-bond acceptors (Lipinski definition) is 3. The molecule has 4 heteroatoms. The van der Waals surface area contributed by atoms with Crippen molar-refractivity contribution in [1.82, 2.24) is 9.97 Å². The molecule has 2 aromatic heterocycles. The lowest BCUT2D eigenvalue weighted by Gasteiger charge is -2.23. The molecule has 0 saturated carbocycles. The SMILES string of the molecule is Clc1nc(C2CCc3ccccc3C2)nc2sccc12. The van der Waals surface area contributed by atoms with Gasteiger partial charge in [0.2, 0.25) is 0 Å². The number of aryl methyl sites for hydroxylation is 1. The number of hydrogen-bond donors (Lipinski definition) is 0. The first-order valence-electron chi connectivity index (χ1n) is 6.78. The summed E-state index contributed by atoms with van der Waals surface area (Å²) >= 11 is 7.91. The first-order chi connectivity index (χ1) is 9.81. The maximum atomic E-state index is 6.28. The van der Waals surface area contributed by atoms with Gasteiger partial charge in [-0.05, 0) is 41.8 Å². The molecule has 20 heavy (non-hydrogen) atoms. The highest BCUT2D eigenvalue weighted by Gasteiger charge is 2.23. The van der Waals surface area contributed by atoms with Crippen molar-refractivity contribution in [1.29, 1.82) is 0 Å². The first-order valence-corrected chi connectivity index (χ1v) is 8.04. The zero-order valence-electron chi connectivity index (χ0n) is 10.8. The van der Waals surface area contributed by atoms with E-state index >= 15 is 0 Å². The van der Waals surface area contributed by atoms with Gasteiger partial charge in [0.15, 0.2) is 0 Å². The molecule has 1 aliphatic rings. The summed E-state index contributed by atoms with van der Waals surface area (Å²) in [6.45, 7) is 0. The van der Waals surface area contributed by atoms with Crippen molar-refractivity contribution in [2.75, 3.05) is 0 Å². The van der Waals surface area contributed by atoms with E-state index in [9.17, 15) is 0 Å². The summed E-state index contributed by atoms with van der Waals surface area (Å²) in [5.74, 6) is 1.29. The van der Waals surface area contributed by atoms with Gasteiger partial charge in [-0.25, -0.2) is 9.97 Å². The molecule has 0 bridgehead atoms. The van der Waals surface area contributed by atoms with Crippen molar-refractivity contribution < 1.29 is 0 Å². The minimum Gasteiger partial charge on any atom is -0.222 e. The summed E-state index contributed by atoms with van der Waals surface area (Å²) in [6.07, 6.45) is 3.22. The zero-order valence-corrected chi connectivity index (χ0v) is 12.4. The second kappa shape index (κ2) is 4.83. The minimum atomic E-state index is 0.383. The Kier molecular flexibility index (Phi) is 2.97. The fourth-order valence-corrected chi connectivity index (χ4v) is 4.00. The largest absolute Gasteiger partial charge is 0.222 e. The monoisotopic (exact) mass is 300 g/mol. The van der Waals surface area contributed by atoms with Crippen molar-refractivity contribution in [3.8, 4) is 0 Å². The van der Waals surface area contributed by atoms with E-state index in [1.807, 2.05) is 11.4 Å². The van der Waals surface area contributed by atoms with Crippen LogP contribution in [0.1, 0.15) is 29.3 Å². The predicted molar refractivity (Wildman–Crippen MR) is 83.6 cm³/mol. The Morgan fingerprint density at radius 2 is 1.95 bits per heavy atom. The molecule has 0 radical (unpaired) electrons. The number of thiophene rings is 1. The van der Waals surface area contributed by atoms with Crippen molar-refractivity contribution in [3.63, 3.8) is 0 Å². The minimum absolute atomic E-state index is 0.383. The van der Waals surface area contributed by atoms with Gasteiger partial charge in [-0.3, -0.25) is 0 Å². The standard InChI is InChI=1S/C16H13ClN2S/c17-14-13-7-8-20-16(13)19-15(18-14)12-6-5-10-3-1-2-4-11(10)9-12/h1-4,7-8,12H,5-6,9H2. The highest BCUT2D eigenvalue weighted by Crippen LogP contribution is 2.33. The Hall–Kier alpha value is -1.45. The van der Waals surface area contributed by atoms with Gasteiger partial charge in [0.05, 0.1) is 0 Å². The fraction of sp³-hybridized carbons (Fsp3) is 0.250. The highest BCUT2D eigenvalue weighted by molar-refractivity contribution is 7.16. The average molecular weight is 301 g/mol. The van der Waals surface area contributed by atoms with Crippen LogP contribution in [-0.2, 0) is 12.8 Å². The van der Waals surface area contributed by atoms with Crippen molar-refractivity contribution in [2.24, 2.45) is 0 Å². The lowest BCUT2D eigenvalue weighted by Crippen LogP contribution is -2.15. The van der Waals surface area contributed by atoms with Crippen molar-refractivity contribution in [2.45, 2.75) is 25.2 Å². The van der Waals surface area contributed by atoms with E-state index in [0.29, 0.717) is 11.1 Å². The van der Waals surface area contributed by atoms with E-state index in [4.69, 9.17) is 16.6 Å². The summed E-state index contributed by atoms with van der Waals surface area (Å²) in [5, 5.41) is 3.58. The molecule has 0 amide bonds. The van der Waals surface area contributed by atoms with Crippen LogP contribution < -0.4 is 0 Å².